The summed E-state index contributed by atoms with van der Waals surface area (Å²) < 4.78 is 5.60. The van der Waals surface area contributed by atoms with Gasteiger partial charge in [0.2, 0.25) is 0 Å². The zero-order valence-corrected chi connectivity index (χ0v) is 11.4. The standard InChI is InChI=1S/C16H14N4O/c1-2-7-14-12(5-1)18-16(21-14)20-19-15(11-8-9-11)13-6-3-4-10-17-13/h1-7,10-11H,8-9H2,(H,18,20)/b19-15-. The van der Waals surface area contributed by atoms with Crippen molar-refractivity contribution in [2.24, 2.45) is 11.0 Å². The number of nitrogens with one attached hydrogen (secondary N) is 1. The van der Waals surface area contributed by atoms with Crippen molar-refractivity contribution in [1.82, 2.24) is 9.97 Å². The smallest absolute Gasteiger partial charge is 0.316 e. The fourth-order valence-electron chi connectivity index (χ4n) is 2.26. The van der Waals surface area contributed by atoms with E-state index in [1.165, 1.54) is 0 Å². The summed E-state index contributed by atoms with van der Waals surface area (Å²) in [6, 6.07) is 13.9. The molecule has 0 unspecified atom stereocenters. The van der Waals surface area contributed by atoms with E-state index in [1.807, 2.05) is 42.5 Å². The van der Waals surface area contributed by atoms with E-state index in [2.05, 4.69) is 20.5 Å². The summed E-state index contributed by atoms with van der Waals surface area (Å²) in [7, 11) is 0. The van der Waals surface area contributed by atoms with Crippen molar-refractivity contribution in [1.29, 1.82) is 0 Å². The fourth-order valence-corrected chi connectivity index (χ4v) is 2.26. The molecule has 21 heavy (non-hydrogen) atoms. The highest BCUT2D eigenvalue weighted by atomic mass is 16.4. The lowest BCUT2D eigenvalue weighted by molar-refractivity contribution is 0.617. The monoisotopic (exact) mass is 278 g/mol. The van der Waals surface area contributed by atoms with Crippen LogP contribution in [-0.2, 0) is 0 Å². The highest BCUT2D eigenvalue weighted by Crippen LogP contribution is 2.33. The van der Waals surface area contributed by atoms with Crippen molar-refractivity contribution < 1.29 is 4.42 Å². The van der Waals surface area contributed by atoms with Crippen molar-refractivity contribution in [3.8, 4) is 0 Å². The Labute approximate surface area is 121 Å². The van der Waals surface area contributed by atoms with Crippen molar-refractivity contribution >= 4 is 22.8 Å². The summed E-state index contributed by atoms with van der Waals surface area (Å²) in [5.74, 6) is 0.483. The number of hydrogen-bond acceptors (Lipinski definition) is 5. The molecule has 1 aromatic carbocycles. The van der Waals surface area contributed by atoms with E-state index in [4.69, 9.17) is 4.42 Å². The van der Waals surface area contributed by atoms with Crippen LogP contribution >= 0.6 is 0 Å². The van der Waals surface area contributed by atoms with E-state index in [1.54, 1.807) is 6.20 Å². The molecule has 0 aliphatic heterocycles. The molecule has 1 fully saturated rings. The first-order chi connectivity index (χ1) is 10.4. The molecule has 0 radical (unpaired) electrons. The van der Waals surface area contributed by atoms with Gasteiger partial charge in [-0.25, -0.2) is 5.43 Å². The van der Waals surface area contributed by atoms with Crippen molar-refractivity contribution in [2.75, 3.05) is 5.43 Å². The number of fused-ring (bicyclic) bond motifs is 1. The molecule has 0 saturated heterocycles. The van der Waals surface area contributed by atoms with E-state index in [9.17, 15) is 0 Å². The molecule has 104 valence electrons. The normalized spacial score (nSPS) is 15.3. The maximum atomic E-state index is 5.60. The number of pyridine rings is 1. The average molecular weight is 278 g/mol. The van der Waals surface area contributed by atoms with Gasteiger partial charge in [-0.2, -0.15) is 10.1 Å². The first kappa shape index (κ1) is 12.1. The predicted molar refractivity (Wildman–Crippen MR) is 81.1 cm³/mol. The molecule has 2 heterocycles. The average Bonchev–Trinajstić information content (AvgIpc) is 3.27. The quantitative estimate of drug-likeness (QED) is 0.586. The number of hydrazone groups is 1. The van der Waals surface area contributed by atoms with Gasteiger partial charge in [0.1, 0.15) is 5.52 Å². The van der Waals surface area contributed by atoms with E-state index in [-0.39, 0.29) is 0 Å². The second-order valence-corrected chi connectivity index (χ2v) is 5.08. The molecular formula is C16H14N4O. The third-order valence-electron chi connectivity index (χ3n) is 3.46. The number of aromatic nitrogens is 2. The number of hydrogen-bond donors (Lipinski definition) is 1. The largest absolute Gasteiger partial charge is 0.422 e. The molecule has 0 bridgehead atoms. The van der Waals surface area contributed by atoms with Crippen molar-refractivity contribution in [3.63, 3.8) is 0 Å². The number of rotatable bonds is 4. The Hall–Kier alpha value is -2.69. The molecule has 5 nitrogen and oxygen atoms in total. The Kier molecular flexibility index (Phi) is 2.88. The molecule has 0 atom stereocenters. The Morgan fingerprint density at radius 1 is 1.14 bits per heavy atom. The Morgan fingerprint density at radius 2 is 2.00 bits per heavy atom. The zero-order chi connectivity index (χ0) is 14.1. The summed E-state index contributed by atoms with van der Waals surface area (Å²) in [5, 5.41) is 4.47. The minimum atomic E-state index is 0.408. The third-order valence-corrected chi connectivity index (χ3v) is 3.46. The summed E-state index contributed by atoms with van der Waals surface area (Å²) in [4.78, 5) is 8.73. The topological polar surface area (TPSA) is 63.3 Å². The molecule has 0 spiro atoms. The van der Waals surface area contributed by atoms with Gasteiger partial charge in [-0.15, -0.1) is 0 Å². The van der Waals surface area contributed by atoms with Crippen LogP contribution in [0.2, 0.25) is 0 Å². The third kappa shape index (κ3) is 2.50. The predicted octanol–water partition coefficient (Wildman–Crippen LogP) is 3.45. The molecule has 2 aromatic heterocycles. The van der Waals surface area contributed by atoms with Gasteiger partial charge >= 0.3 is 6.01 Å². The van der Waals surface area contributed by atoms with Crippen molar-refractivity contribution in [2.45, 2.75) is 12.8 Å². The lowest BCUT2D eigenvalue weighted by Gasteiger charge is -2.03. The first-order valence-electron chi connectivity index (χ1n) is 7.01. The number of oxazole rings is 1. The molecule has 1 aliphatic rings. The van der Waals surface area contributed by atoms with Crippen LogP contribution in [0.4, 0.5) is 6.01 Å². The second kappa shape index (κ2) is 5.01. The number of anilines is 1. The number of nitrogens with zero attached hydrogens (tertiary/aromatic N) is 3. The lowest BCUT2D eigenvalue weighted by atomic mass is 10.1. The Bertz CT molecular complexity index is 757. The van der Waals surface area contributed by atoms with E-state index in [0.717, 1.165) is 35.3 Å². The molecular weight excluding hydrogens is 264 g/mol. The highest BCUT2D eigenvalue weighted by Gasteiger charge is 2.29. The molecule has 1 N–H and O–H groups in total. The summed E-state index contributed by atoms with van der Waals surface area (Å²) in [5.41, 5.74) is 6.37. The Balaban J connectivity index is 1.63. The molecule has 5 heteroatoms. The SMILES string of the molecule is c1ccc(/C(=N\Nc2nc3ccccc3o2)C2CC2)nc1. The van der Waals surface area contributed by atoms with Crippen molar-refractivity contribution in [3.05, 3.63) is 54.4 Å². The van der Waals surface area contributed by atoms with Gasteiger partial charge in [0, 0.05) is 12.1 Å². The van der Waals surface area contributed by atoms with Gasteiger partial charge in [-0.3, -0.25) is 4.98 Å². The van der Waals surface area contributed by atoms with Crippen LogP contribution < -0.4 is 5.43 Å². The summed E-state index contributed by atoms with van der Waals surface area (Å²) >= 11 is 0. The van der Waals surface area contributed by atoms with E-state index < -0.39 is 0 Å². The van der Waals surface area contributed by atoms with Crippen LogP contribution in [0.1, 0.15) is 18.5 Å². The van der Waals surface area contributed by atoms with Gasteiger partial charge in [0.25, 0.3) is 0 Å². The van der Waals surface area contributed by atoms with Crippen LogP contribution in [-0.4, -0.2) is 15.7 Å². The van der Waals surface area contributed by atoms with Crippen LogP contribution in [0.5, 0.6) is 0 Å². The molecule has 3 aromatic rings. The summed E-state index contributed by atoms with van der Waals surface area (Å²) in [6.45, 7) is 0. The zero-order valence-electron chi connectivity index (χ0n) is 11.4. The van der Waals surface area contributed by atoms with Crippen LogP contribution in [0, 0.1) is 5.92 Å². The van der Waals surface area contributed by atoms with Gasteiger partial charge in [0.15, 0.2) is 5.58 Å². The minimum absolute atomic E-state index is 0.408. The molecule has 1 aliphatic carbocycles. The van der Waals surface area contributed by atoms with Gasteiger partial charge in [-0.1, -0.05) is 18.2 Å². The molecule has 4 rings (SSSR count). The highest BCUT2D eigenvalue weighted by molar-refractivity contribution is 6.02. The second-order valence-electron chi connectivity index (χ2n) is 5.08. The molecule has 0 amide bonds. The fraction of sp³-hybridized carbons (Fsp3) is 0.188. The summed E-state index contributed by atoms with van der Waals surface area (Å²) in [6.07, 6.45) is 4.10. The van der Waals surface area contributed by atoms with Gasteiger partial charge in [0.05, 0.1) is 11.4 Å². The van der Waals surface area contributed by atoms with Crippen LogP contribution in [0.15, 0.2) is 58.2 Å². The Morgan fingerprint density at radius 3 is 2.76 bits per heavy atom. The van der Waals surface area contributed by atoms with Gasteiger partial charge in [-0.05, 0) is 37.1 Å². The lowest BCUT2D eigenvalue weighted by Crippen LogP contribution is -2.08. The maximum absolute atomic E-state index is 5.60. The van der Waals surface area contributed by atoms with E-state index in [0.29, 0.717) is 11.9 Å². The minimum Gasteiger partial charge on any atom is -0.422 e. The van der Waals surface area contributed by atoms with E-state index >= 15 is 0 Å². The van der Waals surface area contributed by atoms with Gasteiger partial charge < -0.3 is 4.42 Å². The first-order valence-corrected chi connectivity index (χ1v) is 7.01. The number of para-hydroxylation sites is 2. The maximum Gasteiger partial charge on any atom is 0.316 e. The number of benzene rings is 1. The van der Waals surface area contributed by atoms with Crippen LogP contribution in [0.25, 0.3) is 11.1 Å². The molecule has 1 saturated carbocycles. The van der Waals surface area contributed by atoms with Crippen LogP contribution in [0.3, 0.4) is 0 Å².